The first kappa shape index (κ1) is 39.1. The highest BCUT2D eigenvalue weighted by Crippen LogP contribution is 2.40. The second kappa shape index (κ2) is 15.1. The van der Waals surface area contributed by atoms with E-state index in [2.05, 4.69) is 5.32 Å². The van der Waals surface area contributed by atoms with E-state index in [1.807, 2.05) is 0 Å². The van der Waals surface area contributed by atoms with Crippen LogP contribution in [0.4, 0.5) is 40.3 Å². The van der Waals surface area contributed by atoms with Crippen molar-refractivity contribution >= 4 is 18.1 Å². The molecular formula is C34H40F7N3O5. The first-order valence-electron chi connectivity index (χ1n) is 15.4. The van der Waals surface area contributed by atoms with E-state index in [0.717, 1.165) is 17.6 Å². The number of methoxy groups -OCH3 is 1. The Hall–Kier alpha value is -4.30. The highest BCUT2D eigenvalue weighted by molar-refractivity contribution is 5.81. The molecule has 1 saturated heterocycles. The van der Waals surface area contributed by atoms with Crippen molar-refractivity contribution in [1.29, 1.82) is 0 Å². The maximum Gasteiger partial charge on any atom is 0.416 e. The van der Waals surface area contributed by atoms with E-state index in [4.69, 9.17) is 9.47 Å². The molecule has 49 heavy (non-hydrogen) atoms. The number of hydrogen-bond acceptors (Lipinski definition) is 5. The second-order valence-corrected chi connectivity index (χ2v) is 12.9. The predicted octanol–water partition coefficient (Wildman–Crippen LogP) is 8.50. The maximum absolute atomic E-state index is 14.1. The minimum absolute atomic E-state index is 0.0122. The Kier molecular flexibility index (Phi) is 12.0. The molecule has 3 rings (SSSR count). The van der Waals surface area contributed by atoms with Crippen molar-refractivity contribution in [3.63, 3.8) is 0 Å². The normalized spacial score (nSPS) is 17.7. The van der Waals surface area contributed by atoms with Crippen molar-refractivity contribution in [3.8, 4) is 0 Å². The number of urea groups is 1. The highest BCUT2D eigenvalue weighted by atomic mass is 19.4. The fourth-order valence-corrected chi connectivity index (χ4v) is 5.49. The Labute approximate surface area is 280 Å². The number of ether oxygens (including phenoxy) is 2. The number of piperidine rings is 1. The van der Waals surface area contributed by atoms with Gasteiger partial charge in [0.2, 0.25) is 0 Å². The predicted molar refractivity (Wildman–Crippen MR) is 166 cm³/mol. The Balaban J connectivity index is 1.94. The number of amides is 3. The van der Waals surface area contributed by atoms with E-state index in [9.17, 15) is 45.1 Å². The molecule has 0 aromatic heterocycles. The fraction of sp³-hybridized carbons (Fsp3) is 0.500. The second-order valence-electron chi connectivity index (χ2n) is 12.9. The van der Waals surface area contributed by atoms with E-state index in [1.54, 1.807) is 33.8 Å². The van der Waals surface area contributed by atoms with Crippen molar-refractivity contribution in [2.24, 2.45) is 0 Å². The lowest BCUT2D eigenvalue weighted by Crippen LogP contribution is -2.47. The summed E-state index contributed by atoms with van der Waals surface area (Å²) in [6.07, 6.45) is -8.74. The van der Waals surface area contributed by atoms with Crippen LogP contribution in [0.2, 0.25) is 0 Å². The topological polar surface area (TPSA) is 88.2 Å². The molecule has 0 radical (unpaired) electrons. The van der Waals surface area contributed by atoms with Gasteiger partial charge in [0.05, 0.1) is 30.3 Å². The molecule has 1 unspecified atom stereocenters. The molecule has 3 atom stereocenters. The number of alkyl halides is 6. The number of alkyl carbamates (subject to hydrolysis) is 1. The van der Waals surface area contributed by atoms with E-state index in [1.165, 1.54) is 37.1 Å². The summed E-state index contributed by atoms with van der Waals surface area (Å²) in [6.45, 7) is 8.02. The van der Waals surface area contributed by atoms with Crippen LogP contribution >= 0.6 is 0 Å². The molecule has 3 amide bonds. The summed E-state index contributed by atoms with van der Waals surface area (Å²) in [4.78, 5) is 41.3. The molecule has 1 heterocycles. The number of likely N-dealkylation sites (tertiary alicyclic amines) is 1. The molecule has 0 aliphatic carbocycles. The molecule has 270 valence electrons. The number of nitrogens with zero attached hydrogens (tertiary/aromatic N) is 2. The van der Waals surface area contributed by atoms with Gasteiger partial charge >= 0.3 is 30.4 Å². The Morgan fingerprint density at radius 1 is 1.02 bits per heavy atom. The summed E-state index contributed by atoms with van der Waals surface area (Å²) in [6, 6.07) is 1.51. The number of benzene rings is 2. The zero-order valence-corrected chi connectivity index (χ0v) is 28.2. The summed E-state index contributed by atoms with van der Waals surface area (Å²) < 4.78 is 105. The minimum Gasteiger partial charge on any atom is -0.467 e. The lowest BCUT2D eigenvalue weighted by molar-refractivity contribution is -0.144. The molecule has 0 saturated carbocycles. The van der Waals surface area contributed by atoms with Gasteiger partial charge in [-0.2, -0.15) is 26.3 Å². The quantitative estimate of drug-likeness (QED) is 0.178. The molecule has 0 spiro atoms. The van der Waals surface area contributed by atoms with Gasteiger partial charge in [-0.05, 0) is 101 Å². The number of rotatable bonds is 7. The number of hydrogen-bond donors (Lipinski definition) is 1. The van der Waals surface area contributed by atoms with Gasteiger partial charge in [0, 0.05) is 13.6 Å². The van der Waals surface area contributed by atoms with Crippen LogP contribution in [0.25, 0.3) is 0 Å². The molecule has 2 aromatic rings. The van der Waals surface area contributed by atoms with Gasteiger partial charge in [-0.15, -0.1) is 0 Å². The highest BCUT2D eigenvalue weighted by Gasteiger charge is 2.39. The van der Waals surface area contributed by atoms with Crippen LogP contribution < -0.4 is 5.32 Å². The summed E-state index contributed by atoms with van der Waals surface area (Å²) in [7, 11) is 2.45. The number of nitrogens with one attached hydrogen (secondary N) is 1. The number of carbonyl (C=O) groups is 3. The minimum atomic E-state index is -5.06. The van der Waals surface area contributed by atoms with Crippen molar-refractivity contribution in [2.45, 2.75) is 90.0 Å². The van der Waals surface area contributed by atoms with Crippen LogP contribution in [0.3, 0.4) is 0 Å². The van der Waals surface area contributed by atoms with Gasteiger partial charge in [0.15, 0.2) is 0 Å². The summed E-state index contributed by atoms with van der Waals surface area (Å²) >= 11 is 0. The number of aryl methyl sites for hydroxylation is 1. The summed E-state index contributed by atoms with van der Waals surface area (Å²) in [5, 5.41) is 2.48. The zero-order valence-electron chi connectivity index (χ0n) is 28.2. The van der Waals surface area contributed by atoms with Crippen LogP contribution in [0.15, 0.2) is 48.0 Å². The lowest BCUT2D eigenvalue weighted by atomic mass is 9.88. The molecule has 1 aliphatic rings. The third kappa shape index (κ3) is 10.3. The van der Waals surface area contributed by atoms with Crippen molar-refractivity contribution in [2.75, 3.05) is 20.7 Å². The zero-order chi connectivity index (χ0) is 37.1. The van der Waals surface area contributed by atoms with Gasteiger partial charge in [-0.25, -0.2) is 18.8 Å². The van der Waals surface area contributed by atoms with Crippen LogP contribution in [-0.2, 0) is 26.6 Å². The van der Waals surface area contributed by atoms with Gasteiger partial charge in [-0.1, -0.05) is 17.7 Å². The standard InChI is InChI=1S/C34H40F7N3O5/c1-19-14-25(35)9-10-26(19)28-15-21(8-11-27(29(45)48-7)42-30(46)49-32(3,4)5)12-13-44(28)31(47)43(6)20(2)22-16-23(33(36,37)38)18-24(17-22)34(39,40)41/h8-10,14,16-18,20,27-28H,11-13,15H2,1-7H3,(H,42,46)/t20-,27?,28-/m1/s1. The first-order chi connectivity index (χ1) is 22.5. The van der Waals surface area contributed by atoms with Crippen molar-refractivity contribution < 1.29 is 54.6 Å². The first-order valence-corrected chi connectivity index (χ1v) is 15.4. The number of halogens is 7. The number of esters is 1. The Morgan fingerprint density at radius 2 is 1.61 bits per heavy atom. The molecule has 1 aliphatic heterocycles. The van der Waals surface area contributed by atoms with E-state index >= 15 is 0 Å². The largest absolute Gasteiger partial charge is 0.467 e. The summed E-state index contributed by atoms with van der Waals surface area (Å²) in [5.74, 6) is -1.24. The molecule has 1 fully saturated rings. The molecule has 1 N–H and O–H groups in total. The Bertz CT molecular complexity index is 1530. The van der Waals surface area contributed by atoms with Crippen LogP contribution in [-0.4, -0.2) is 60.2 Å². The van der Waals surface area contributed by atoms with E-state index < -0.39 is 71.1 Å². The molecule has 2 aromatic carbocycles. The van der Waals surface area contributed by atoms with E-state index in [-0.39, 0.29) is 37.4 Å². The Morgan fingerprint density at radius 3 is 2.12 bits per heavy atom. The third-order valence-electron chi connectivity index (χ3n) is 8.14. The fourth-order valence-electron chi connectivity index (χ4n) is 5.49. The SMILES string of the molecule is COC(=O)C(CC=C1CCN(C(=O)N(C)[C@H](C)c2cc(C(F)(F)F)cc(C(F)(F)F)c2)[C@@H](c2ccc(F)cc2C)C1)NC(=O)OC(C)(C)C. The van der Waals surface area contributed by atoms with Crippen LogP contribution in [0.1, 0.15) is 86.9 Å². The van der Waals surface area contributed by atoms with Crippen LogP contribution in [0, 0.1) is 12.7 Å². The van der Waals surface area contributed by atoms with Gasteiger partial charge < -0.3 is 24.6 Å². The number of carbonyl (C=O) groups excluding carboxylic acids is 3. The third-order valence-corrected chi connectivity index (χ3v) is 8.14. The van der Waals surface area contributed by atoms with Crippen molar-refractivity contribution in [1.82, 2.24) is 15.1 Å². The molecule has 8 nitrogen and oxygen atoms in total. The molecule has 0 bridgehead atoms. The molecular weight excluding hydrogens is 663 g/mol. The summed E-state index contributed by atoms with van der Waals surface area (Å²) in [5.41, 5.74) is -2.33. The van der Waals surface area contributed by atoms with Gasteiger partial charge in [-0.3, -0.25) is 0 Å². The maximum atomic E-state index is 14.1. The van der Waals surface area contributed by atoms with Crippen molar-refractivity contribution in [3.05, 3.63) is 81.7 Å². The van der Waals surface area contributed by atoms with Gasteiger partial charge in [0.1, 0.15) is 17.5 Å². The average Bonchev–Trinajstić information content (AvgIpc) is 2.99. The lowest BCUT2D eigenvalue weighted by Gasteiger charge is -2.41. The van der Waals surface area contributed by atoms with E-state index in [0.29, 0.717) is 23.3 Å². The van der Waals surface area contributed by atoms with Gasteiger partial charge in [0.25, 0.3) is 0 Å². The van der Waals surface area contributed by atoms with Crippen LogP contribution in [0.5, 0.6) is 0 Å². The monoisotopic (exact) mass is 703 g/mol. The average molecular weight is 704 g/mol. The smallest absolute Gasteiger partial charge is 0.416 e. The molecule has 15 heteroatoms.